The molecule has 2 N–H and O–H groups in total. The average Bonchev–Trinajstić information content (AvgIpc) is 2.66. The first-order chi connectivity index (χ1) is 7.36. The number of nitrogens with zero attached hydrogens (tertiary/aromatic N) is 3. The van der Waals surface area contributed by atoms with E-state index >= 15 is 0 Å². The van der Waals surface area contributed by atoms with Crippen LogP contribution < -0.4 is 5.48 Å². The number of hydrogen-bond acceptors (Lipinski definition) is 6. The lowest BCUT2D eigenvalue weighted by Gasteiger charge is -2.02. The molecule has 86 valence electrons. The molecule has 0 aromatic carbocycles. The molecule has 0 aliphatic rings. The van der Waals surface area contributed by atoms with Gasteiger partial charge in [0, 0.05) is 13.3 Å². The predicted molar refractivity (Wildman–Crippen MR) is 51.8 cm³/mol. The second-order valence-corrected chi connectivity index (χ2v) is 2.86. The van der Waals surface area contributed by atoms with E-state index in [9.17, 15) is 0 Å². The molecule has 0 aliphatic heterocycles. The summed E-state index contributed by atoms with van der Waals surface area (Å²) in [6.07, 6.45) is 1.75. The smallest absolute Gasteiger partial charge is 0.0988 e. The van der Waals surface area contributed by atoms with Gasteiger partial charge in [-0.15, -0.1) is 5.10 Å². The zero-order chi connectivity index (χ0) is 10.9. The van der Waals surface area contributed by atoms with Gasteiger partial charge >= 0.3 is 0 Å². The number of aromatic nitrogens is 3. The maximum Gasteiger partial charge on any atom is 0.0988 e. The van der Waals surface area contributed by atoms with Crippen molar-refractivity contribution in [3.63, 3.8) is 0 Å². The largest absolute Gasteiger partial charge is 0.394 e. The van der Waals surface area contributed by atoms with Crippen molar-refractivity contribution in [2.75, 3.05) is 26.9 Å². The zero-order valence-corrected chi connectivity index (χ0v) is 8.72. The Morgan fingerprint density at radius 3 is 3.13 bits per heavy atom. The van der Waals surface area contributed by atoms with Crippen LogP contribution in [0.2, 0.25) is 0 Å². The van der Waals surface area contributed by atoms with Crippen molar-refractivity contribution in [3.05, 3.63) is 11.9 Å². The van der Waals surface area contributed by atoms with Crippen LogP contribution in [0.15, 0.2) is 6.20 Å². The molecule has 1 aromatic heterocycles. The minimum Gasteiger partial charge on any atom is -0.394 e. The molecule has 0 atom stereocenters. The van der Waals surface area contributed by atoms with Crippen LogP contribution in [-0.4, -0.2) is 47.0 Å². The van der Waals surface area contributed by atoms with Crippen LogP contribution in [-0.2, 0) is 22.7 Å². The van der Waals surface area contributed by atoms with E-state index in [1.165, 1.54) is 0 Å². The van der Waals surface area contributed by atoms with E-state index in [1.54, 1.807) is 18.0 Å². The Kier molecular flexibility index (Phi) is 5.86. The number of rotatable bonds is 8. The summed E-state index contributed by atoms with van der Waals surface area (Å²) in [5, 5.41) is 16.3. The quantitative estimate of drug-likeness (QED) is 0.426. The third-order valence-corrected chi connectivity index (χ3v) is 1.66. The van der Waals surface area contributed by atoms with Crippen LogP contribution in [0.4, 0.5) is 0 Å². The second kappa shape index (κ2) is 7.30. The van der Waals surface area contributed by atoms with Gasteiger partial charge in [-0.2, -0.15) is 5.48 Å². The van der Waals surface area contributed by atoms with E-state index in [4.69, 9.17) is 14.7 Å². The number of aliphatic hydroxyl groups excluding tert-OH is 1. The number of hydrogen-bond donors (Lipinski definition) is 2. The molecule has 15 heavy (non-hydrogen) atoms. The molecule has 0 unspecified atom stereocenters. The minimum absolute atomic E-state index is 0.0561. The summed E-state index contributed by atoms with van der Waals surface area (Å²) in [6, 6.07) is 0. The Bertz CT molecular complexity index is 266. The molecule has 0 bridgehead atoms. The van der Waals surface area contributed by atoms with E-state index in [1.807, 2.05) is 0 Å². The predicted octanol–water partition coefficient (Wildman–Crippen LogP) is -1.06. The molecular formula is C8H16N4O3. The lowest BCUT2D eigenvalue weighted by Crippen LogP contribution is -2.17. The van der Waals surface area contributed by atoms with Crippen LogP contribution in [0.5, 0.6) is 0 Å². The molecule has 0 saturated carbocycles. The van der Waals surface area contributed by atoms with Gasteiger partial charge in [0.1, 0.15) is 0 Å². The summed E-state index contributed by atoms with van der Waals surface area (Å²) in [5.74, 6) is 0. The Hall–Kier alpha value is -1.02. The van der Waals surface area contributed by atoms with Gasteiger partial charge in [0.15, 0.2) is 0 Å². The van der Waals surface area contributed by atoms with Crippen molar-refractivity contribution in [1.82, 2.24) is 20.5 Å². The lowest BCUT2D eigenvalue weighted by molar-refractivity contribution is 0.00297. The number of nitrogens with one attached hydrogen (secondary N) is 1. The molecule has 7 nitrogen and oxygen atoms in total. The molecule has 0 fully saturated rings. The SMILES string of the molecule is COCCONCc1cn(CCO)nn1. The fraction of sp³-hybridized carbons (Fsp3) is 0.750. The monoisotopic (exact) mass is 216 g/mol. The molecule has 7 heteroatoms. The van der Waals surface area contributed by atoms with Gasteiger partial charge in [-0.1, -0.05) is 5.21 Å². The number of hydroxylamine groups is 1. The van der Waals surface area contributed by atoms with Crippen molar-refractivity contribution in [2.24, 2.45) is 0 Å². The molecule has 1 heterocycles. The van der Waals surface area contributed by atoms with Crippen molar-refractivity contribution >= 4 is 0 Å². The molecule has 0 radical (unpaired) electrons. The highest BCUT2D eigenvalue weighted by molar-refractivity contribution is 4.90. The molecule has 0 spiro atoms. The zero-order valence-electron chi connectivity index (χ0n) is 8.72. The van der Waals surface area contributed by atoms with Gasteiger partial charge in [-0.25, -0.2) is 4.68 Å². The second-order valence-electron chi connectivity index (χ2n) is 2.86. The van der Waals surface area contributed by atoms with Crippen LogP contribution in [0, 0.1) is 0 Å². The Labute approximate surface area is 87.9 Å². The number of methoxy groups -OCH3 is 1. The van der Waals surface area contributed by atoms with E-state index < -0.39 is 0 Å². The maximum absolute atomic E-state index is 8.66. The summed E-state index contributed by atoms with van der Waals surface area (Å²) in [4.78, 5) is 5.05. The first kappa shape index (κ1) is 12.1. The van der Waals surface area contributed by atoms with E-state index in [0.717, 1.165) is 5.69 Å². The minimum atomic E-state index is 0.0561. The molecule has 0 amide bonds. The van der Waals surface area contributed by atoms with E-state index in [0.29, 0.717) is 26.3 Å². The Balaban J connectivity index is 2.14. The highest BCUT2D eigenvalue weighted by Crippen LogP contribution is 1.91. The van der Waals surface area contributed by atoms with Gasteiger partial charge in [0.05, 0.1) is 38.6 Å². The Morgan fingerprint density at radius 1 is 1.53 bits per heavy atom. The highest BCUT2D eigenvalue weighted by Gasteiger charge is 1.99. The van der Waals surface area contributed by atoms with Gasteiger partial charge in [-0.3, -0.25) is 4.84 Å². The lowest BCUT2D eigenvalue weighted by atomic mass is 10.5. The summed E-state index contributed by atoms with van der Waals surface area (Å²) < 4.78 is 6.38. The summed E-state index contributed by atoms with van der Waals surface area (Å²) in [6.45, 7) is 2.03. The van der Waals surface area contributed by atoms with Gasteiger partial charge in [-0.05, 0) is 0 Å². The van der Waals surface area contributed by atoms with Gasteiger partial charge < -0.3 is 9.84 Å². The van der Waals surface area contributed by atoms with E-state index in [2.05, 4.69) is 15.8 Å². The average molecular weight is 216 g/mol. The molecule has 0 saturated heterocycles. The number of aliphatic hydroxyl groups is 1. The standard InChI is InChI=1S/C8H16N4O3/c1-14-4-5-15-9-6-8-7-12(2-3-13)11-10-8/h7,9,13H,2-6H2,1H3. The molecule has 0 aliphatic carbocycles. The van der Waals surface area contributed by atoms with Crippen LogP contribution in [0.25, 0.3) is 0 Å². The molecular weight excluding hydrogens is 200 g/mol. The van der Waals surface area contributed by atoms with Crippen LogP contribution in [0.1, 0.15) is 5.69 Å². The maximum atomic E-state index is 8.66. The van der Waals surface area contributed by atoms with Crippen molar-refractivity contribution < 1.29 is 14.7 Å². The summed E-state index contributed by atoms with van der Waals surface area (Å²) in [7, 11) is 1.61. The molecule has 1 rings (SSSR count). The number of ether oxygens (including phenoxy) is 1. The summed E-state index contributed by atoms with van der Waals surface area (Å²) >= 11 is 0. The van der Waals surface area contributed by atoms with Crippen molar-refractivity contribution in [3.8, 4) is 0 Å². The topological polar surface area (TPSA) is 81.4 Å². The fourth-order valence-corrected chi connectivity index (χ4v) is 0.953. The van der Waals surface area contributed by atoms with Crippen molar-refractivity contribution in [1.29, 1.82) is 0 Å². The Morgan fingerprint density at radius 2 is 2.40 bits per heavy atom. The third-order valence-electron chi connectivity index (χ3n) is 1.66. The van der Waals surface area contributed by atoms with Crippen LogP contribution >= 0.6 is 0 Å². The first-order valence-electron chi connectivity index (χ1n) is 4.70. The van der Waals surface area contributed by atoms with Crippen molar-refractivity contribution in [2.45, 2.75) is 13.1 Å². The normalized spacial score (nSPS) is 10.8. The molecule has 1 aromatic rings. The summed E-state index contributed by atoms with van der Waals surface area (Å²) in [5.41, 5.74) is 3.50. The van der Waals surface area contributed by atoms with Gasteiger partial charge in [0.25, 0.3) is 0 Å². The third kappa shape index (κ3) is 4.84. The van der Waals surface area contributed by atoms with E-state index in [-0.39, 0.29) is 6.61 Å². The highest BCUT2D eigenvalue weighted by atomic mass is 16.7. The van der Waals surface area contributed by atoms with Gasteiger partial charge in [0.2, 0.25) is 0 Å². The van der Waals surface area contributed by atoms with Crippen LogP contribution in [0.3, 0.4) is 0 Å². The first-order valence-corrected chi connectivity index (χ1v) is 4.70. The fourth-order valence-electron chi connectivity index (χ4n) is 0.953.